The van der Waals surface area contributed by atoms with Gasteiger partial charge in [-0.3, -0.25) is 4.90 Å². The summed E-state index contributed by atoms with van der Waals surface area (Å²) >= 11 is 0. The van der Waals surface area contributed by atoms with Gasteiger partial charge in [0.05, 0.1) is 24.1 Å². The van der Waals surface area contributed by atoms with Gasteiger partial charge in [-0.15, -0.1) is 0 Å². The molecule has 36 heavy (non-hydrogen) atoms. The molecule has 4 saturated carbocycles. The van der Waals surface area contributed by atoms with E-state index in [1.54, 1.807) is 6.26 Å². The molecule has 1 aromatic rings. The SMILES string of the molecule is C[C@]12CC[C@H](N3CCN[C@@H](CO)C3)C[C@@]1(O)CC[C@@H]1[C@@H]2CC[C@]2(C)[C@@H](c3ccc(=O)oc3)CC[C@]12O. The van der Waals surface area contributed by atoms with Crippen molar-refractivity contribution in [2.45, 2.75) is 101 Å². The van der Waals surface area contributed by atoms with E-state index in [0.717, 1.165) is 83.0 Å². The summed E-state index contributed by atoms with van der Waals surface area (Å²) in [7, 11) is 0. The summed E-state index contributed by atoms with van der Waals surface area (Å²) in [6.07, 6.45) is 9.72. The van der Waals surface area contributed by atoms with Crippen molar-refractivity contribution in [2.75, 3.05) is 26.2 Å². The zero-order valence-corrected chi connectivity index (χ0v) is 21.9. The lowest BCUT2D eigenvalue weighted by atomic mass is 9.41. The maximum Gasteiger partial charge on any atom is 0.335 e. The second kappa shape index (κ2) is 8.63. The van der Waals surface area contributed by atoms with Gasteiger partial charge in [0.25, 0.3) is 0 Å². The predicted octanol–water partition coefficient (Wildman–Crippen LogP) is 2.63. The Morgan fingerprint density at radius 3 is 2.56 bits per heavy atom. The van der Waals surface area contributed by atoms with Crippen molar-refractivity contribution in [1.82, 2.24) is 10.2 Å². The van der Waals surface area contributed by atoms with Gasteiger partial charge in [0, 0.05) is 43.2 Å². The molecular weight excluding hydrogens is 456 g/mol. The fourth-order valence-corrected chi connectivity index (χ4v) is 9.92. The molecule has 7 heteroatoms. The highest BCUT2D eigenvalue weighted by atomic mass is 16.4. The summed E-state index contributed by atoms with van der Waals surface area (Å²) in [4.78, 5) is 14.0. The van der Waals surface area contributed by atoms with Gasteiger partial charge in [-0.25, -0.2) is 4.79 Å². The topological polar surface area (TPSA) is 106 Å². The Hall–Kier alpha value is -1.25. The first-order valence-corrected chi connectivity index (χ1v) is 14.3. The third kappa shape index (κ3) is 3.46. The van der Waals surface area contributed by atoms with Gasteiger partial charge in [0.2, 0.25) is 0 Å². The first-order chi connectivity index (χ1) is 17.1. The van der Waals surface area contributed by atoms with Crippen molar-refractivity contribution in [2.24, 2.45) is 22.7 Å². The largest absolute Gasteiger partial charge is 0.431 e. The number of hydrogen-bond acceptors (Lipinski definition) is 7. The molecule has 0 spiro atoms. The number of nitrogens with zero attached hydrogens (tertiary/aromatic N) is 1. The molecule has 0 amide bonds. The van der Waals surface area contributed by atoms with E-state index in [-0.39, 0.29) is 40.9 Å². The summed E-state index contributed by atoms with van der Waals surface area (Å²) in [6, 6.07) is 3.87. The summed E-state index contributed by atoms with van der Waals surface area (Å²) in [5.74, 6) is 0.692. The molecule has 4 N–H and O–H groups in total. The number of hydrogen-bond donors (Lipinski definition) is 4. The van der Waals surface area contributed by atoms with Gasteiger partial charge in [-0.2, -0.15) is 0 Å². The molecule has 6 rings (SSSR count). The van der Waals surface area contributed by atoms with Crippen molar-refractivity contribution >= 4 is 0 Å². The Kier molecular flexibility index (Phi) is 6.01. The second-order valence-corrected chi connectivity index (χ2v) is 13.3. The minimum atomic E-state index is -0.759. The normalized spacial score (nSPS) is 49.2. The zero-order chi connectivity index (χ0) is 25.3. The molecular formula is C29H44N2O5. The Bertz CT molecular complexity index is 1030. The van der Waals surface area contributed by atoms with Crippen LogP contribution in [0.4, 0.5) is 0 Å². The summed E-state index contributed by atoms with van der Waals surface area (Å²) in [5.41, 5.74) is -1.21. The van der Waals surface area contributed by atoms with Crippen LogP contribution in [-0.4, -0.2) is 69.7 Å². The summed E-state index contributed by atoms with van der Waals surface area (Å²) in [6.45, 7) is 7.44. The maximum atomic E-state index is 12.4. The highest BCUT2D eigenvalue weighted by Gasteiger charge is 2.70. The minimum Gasteiger partial charge on any atom is -0.431 e. The number of piperazine rings is 1. The minimum absolute atomic E-state index is 0.121. The molecule has 4 aliphatic carbocycles. The van der Waals surface area contributed by atoms with Gasteiger partial charge in [-0.1, -0.05) is 13.8 Å². The van der Waals surface area contributed by atoms with Gasteiger partial charge in [0.1, 0.15) is 0 Å². The zero-order valence-electron chi connectivity index (χ0n) is 21.9. The van der Waals surface area contributed by atoms with E-state index in [1.807, 2.05) is 6.07 Å². The summed E-state index contributed by atoms with van der Waals surface area (Å²) < 4.78 is 5.22. The average Bonchev–Trinajstić information content (AvgIpc) is 3.16. The molecule has 0 radical (unpaired) electrons. The van der Waals surface area contributed by atoms with Gasteiger partial charge < -0.3 is 25.1 Å². The first-order valence-electron chi connectivity index (χ1n) is 14.3. The fourth-order valence-electron chi connectivity index (χ4n) is 9.92. The monoisotopic (exact) mass is 500 g/mol. The predicted molar refractivity (Wildman–Crippen MR) is 137 cm³/mol. The Morgan fingerprint density at radius 1 is 1.03 bits per heavy atom. The maximum absolute atomic E-state index is 12.4. The lowest BCUT2D eigenvalue weighted by Gasteiger charge is -2.66. The molecule has 1 aliphatic heterocycles. The Balaban J connectivity index is 1.24. The van der Waals surface area contributed by atoms with E-state index < -0.39 is 11.2 Å². The van der Waals surface area contributed by atoms with E-state index in [2.05, 4.69) is 24.1 Å². The standard InChI is InChI=1S/C29H44N2O5/c1-26-9-5-21(31-14-13-30-20(16-31)17-32)15-28(26,34)11-7-24-23(26)6-10-27(2)22(8-12-29(24,27)35)19-3-4-25(33)36-18-19/h3-4,18,20-24,30,32,34-35H,5-17H2,1-2H3/t20-,21+,22-,23+,24-,26-,27-,28+,29+/m1/s1. The summed E-state index contributed by atoms with van der Waals surface area (Å²) in [5, 5.41) is 37.7. The third-order valence-corrected chi connectivity index (χ3v) is 12.1. The molecule has 0 bridgehead atoms. The molecule has 5 fully saturated rings. The van der Waals surface area contributed by atoms with Crippen molar-refractivity contribution in [3.05, 3.63) is 34.4 Å². The van der Waals surface area contributed by atoms with E-state index in [1.165, 1.54) is 6.07 Å². The van der Waals surface area contributed by atoms with Gasteiger partial charge >= 0.3 is 5.63 Å². The van der Waals surface area contributed by atoms with E-state index >= 15 is 0 Å². The quantitative estimate of drug-likeness (QED) is 0.506. The van der Waals surface area contributed by atoms with Gasteiger partial charge in [0.15, 0.2) is 0 Å². The van der Waals surface area contributed by atoms with Crippen molar-refractivity contribution in [3.8, 4) is 0 Å². The number of nitrogens with one attached hydrogen (secondary N) is 1. The van der Waals surface area contributed by atoms with Crippen LogP contribution >= 0.6 is 0 Å². The highest BCUT2D eigenvalue weighted by Crippen LogP contribution is 2.71. The average molecular weight is 501 g/mol. The van der Waals surface area contributed by atoms with Crippen LogP contribution in [-0.2, 0) is 0 Å². The lowest BCUT2D eigenvalue weighted by molar-refractivity contribution is -0.251. The van der Waals surface area contributed by atoms with Crippen LogP contribution in [0.15, 0.2) is 27.6 Å². The van der Waals surface area contributed by atoms with Crippen LogP contribution in [0.5, 0.6) is 0 Å². The molecule has 200 valence electrons. The molecule has 1 aromatic heterocycles. The Labute approximate surface area is 214 Å². The Morgan fingerprint density at radius 2 is 1.81 bits per heavy atom. The molecule has 5 aliphatic rings. The van der Waals surface area contributed by atoms with Crippen LogP contribution in [0, 0.1) is 22.7 Å². The molecule has 0 aromatic carbocycles. The van der Waals surface area contributed by atoms with E-state index in [4.69, 9.17) is 4.42 Å². The number of aliphatic hydroxyl groups excluding tert-OH is 1. The number of aliphatic hydroxyl groups is 3. The van der Waals surface area contributed by atoms with Crippen molar-refractivity contribution in [1.29, 1.82) is 0 Å². The molecule has 7 nitrogen and oxygen atoms in total. The van der Waals surface area contributed by atoms with E-state index in [9.17, 15) is 20.1 Å². The van der Waals surface area contributed by atoms with Gasteiger partial charge in [-0.05, 0) is 92.6 Å². The number of fused-ring (bicyclic) bond motifs is 5. The van der Waals surface area contributed by atoms with Crippen LogP contribution in [0.25, 0.3) is 0 Å². The smallest absolute Gasteiger partial charge is 0.335 e. The van der Waals surface area contributed by atoms with Crippen LogP contribution in [0.1, 0.15) is 83.1 Å². The second-order valence-electron chi connectivity index (χ2n) is 13.3. The molecule has 0 unspecified atom stereocenters. The fraction of sp³-hybridized carbons (Fsp3) is 0.828. The number of rotatable bonds is 3. The van der Waals surface area contributed by atoms with E-state index in [0.29, 0.717) is 12.0 Å². The molecule has 2 heterocycles. The highest BCUT2D eigenvalue weighted by molar-refractivity contribution is 5.28. The molecule has 9 atom stereocenters. The third-order valence-electron chi connectivity index (χ3n) is 12.1. The van der Waals surface area contributed by atoms with Crippen molar-refractivity contribution < 1.29 is 19.7 Å². The first kappa shape index (κ1) is 25.1. The lowest BCUT2D eigenvalue weighted by Crippen LogP contribution is -2.68. The van der Waals surface area contributed by atoms with Crippen LogP contribution in [0.3, 0.4) is 0 Å². The van der Waals surface area contributed by atoms with Crippen molar-refractivity contribution in [3.63, 3.8) is 0 Å². The van der Waals surface area contributed by atoms with Crippen LogP contribution in [0.2, 0.25) is 0 Å². The van der Waals surface area contributed by atoms with Crippen LogP contribution < -0.4 is 10.9 Å². The molecule has 1 saturated heterocycles.